The summed E-state index contributed by atoms with van der Waals surface area (Å²) in [7, 11) is 0. The maximum Gasteiger partial charge on any atom is 0.283 e. The Labute approximate surface area is 228 Å². The van der Waals surface area contributed by atoms with Gasteiger partial charge in [-0.1, -0.05) is 48.5 Å². The number of alkyl halides is 4. The lowest BCUT2D eigenvalue weighted by molar-refractivity contribution is 0.0174. The summed E-state index contributed by atoms with van der Waals surface area (Å²) in [6.07, 6.45) is 3.25. The lowest BCUT2D eigenvalue weighted by Gasteiger charge is -2.31. The number of nitrogens with zero attached hydrogens (tertiary/aromatic N) is 2. The molecule has 0 bridgehead atoms. The Morgan fingerprint density at radius 1 is 1.08 bits per heavy atom. The number of carbonyl (C=O) groups excluding carboxylic acids is 2. The first-order chi connectivity index (χ1) is 18.5. The Kier molecular flexibility index (Phi) is 8.54. The number of rotatable bonds is 8. The number of nitrogens with one attached hydrogen (secondary N) is 1. The standard InChI is InChI=1S/C29H29F4N3O2S/c1-3-14-29(32,33)18-34-25(37)24-17-39-26(35-24)20-12-15-36(16-13-20)27(38)23-7-5-4-6-22(23)19-8-10-21(11-9-19)28(2,30)31/h3-11,14,17,20H,12-13,15-16,18H2,1-2H3,(H,34,37)/b14-3+. The van der Waals surface area contributed by atoms with E-state index in [-0.39, 0.29) is 23.1 Å². The fourth-order valence-corrected chi connectivity index (χ4v) is 5.51. The summed E-state index contributed by atoms with van der Waals surface area (Å²) >= 11 is 1.31. The van der Waals surface area contributed by atoms with Crippen LogP contribution in [-0.4, -0.2) is 47.3 Å². The van der Waals surface area contributed by atoms with E-state index >= 15 is 0 Å². The first kappa shape index (κ1) is 28.5. The van der Waals surface area contributed by atoms with Crippen molar-refractivity contribution in [3.05, 3.63) is 87.9 Å². The van der Waals surface area contributed by atoms with Crippen LogP contribution in [0.25, 0.3) is 11.1 Å². The minimum Gasteiger partial charge on any atom is -0.344 e. The van der Waals surface area contributed by atoms with E-state index in [4.69, 9.17) is 0 Å². The molecule has 2 amide bonds. The fourth-order valence-electron chi connectivity index (χ4n) is 4.53. The molecular weight excluding hydrogens is 530 g/mol. The van der Waals surface area contributed by atoms with E-state index in [1.807, 2.05) is 0 Å². The number of aromatic nitrogens is 1. The number of piperidine rings is 1. The van der Waals surface area contributed by atoms with Gasteiger partial charge in [-0.15, -0.1) is 11.3 Å². The number of hydrogen-bond acceptors (Lipinski definition) is 4. The predicted octanol–water partition coefficient (Wildman–Crippen LogP) is 6.88. The van der Waals surface area contributed by atoms with Gasteiger partial charge in [0.25, 0.3) is 23.7 Å². The van der Waals surface area contributed by atoms with Gasteiger partial charge in [0.15, 0.2) is 0 Å². The molecule has 4 rings (SSSR count). The number of halogens is 4. The normalized spacial score (nSPS) is 15.1. The van der Waals surface area contributed by atoms with Crippen molar-refractivity contribution in [3.63, 3.8) is 0 Å². The van der Waals surface area contributed by atoms with Crippen LogP contribution in [0.4, 0.5) is 17.6 Å². The second kappa shape index (κ2) is 11.7. The summed E-state index contributed by atoms with van der Waals surface area (Å²) in [6.45, 7) is 2.49. The van der Waals surface area contributed by atoms with Crippen LogP contribution in [0, 0.1) is 0 Å². The van der Waals surface area contributed by atoms with Crippen LogP contribution in [0.2, 0.25) is 0 Å². The Balaban J connectivity index is 1.39. The maximum absolute atomic E-state index is 13.6. The van der Waals surface area contributed by atoms with Gasteiger partial charge >= 0.3 is 0 Å². The molecule has 206 valence electrons. The highest BCUT2D eigenvalue weighted by molar-refractivity contribution is 7.09. The average Bonchev–Trinajstić information content (AvgIpc) is 3.42. The van der Waals surface area contributed by atoms with Gasteiger partial charge in [-0.3, -0.25) is 9.59 Å². The molecule has 1 N–H and O–H groups in total. The Bertz CT molecular complexity index is 1340. The van der Waals surface area contributed by atoms with E-state index in [0.29, 0.717) is 42.6 Å². The van der Waals surface area contributed by atoms with Crippen LogP contribution in [0.5, 0.6) is 0 Å². The molecule has 0 unspecified atom stereocenters. The molecule has 0 radical (unpaired) electrons. The maximum atomic E-state index is 13.6. The van der Waals surface area contributed by atoms with Gasteiger partial charge in [-0.05, 0) is 43.0 Å². The van der Waals surface area contributed by atoms with Crippen LogP contribution < -0.4 is 5.32 Å². The van der Waals surface area contributed by atoms with Crippen LogP contribution in [-0.2, 0) is 5.92 Å². The van der Waals surface area contributed by atoms with Crippen molar-refractivity contribution in [1.29, 1.82) is 0 Å². The Morgan fingerprint density at radius 2 is 1.74 bits per heavy atom. The number of hydrogen-bond donors (Lipinski definition) is 1. The molecule has 1 saturated heterocycles. The van der Waals surface area contributed by atoms with E-state index < -0.39 is 24.3 Å². The topological polar surface area (TPSA) is 62.3 Å². The van der Waals surface area contributed by atoms with Crippen molar-refractivity contribution in [3.8, 4) is 11.1 Å². The van der Waals surface area contributed by atoms with Gasteiger partial charge in [-0.25, -0.2) is 22.5 Å². The zero-order valence-corrected chi connectivity index (χ0v) is 22.4. The average molecular weight is 560 g/mol. The number of likely N-dealkylation sites (tertiary alicyclic amines) is 1. The Morgan fingerprint density at radius 3 is 2.38 bits per heavy atom. The smallest absolute Gasteiger partial charge is 0.283 e. The minimum absolute atomic E-state index is 0.0450. The largest absolute Gasteiger partial charge is 0.344 e. The van der Waals surface area contributed by atoms with E-state index in [9.17, 15) is 27.2 Å². The third-order valence-electron chi connectivity index (χ3n) is 6.64. The first-order valence-corrected chi connectivity index (χ1v) is 13.5. The van der Waals surface area contributed by atoms with Gasteiger partial charge in [0.2, 0.25) is 0 Å². The fraction of sp³-hybridized carbons (Fsp3) is 0.345. The van der Waals surface area contributed by atoms with Crippen LogP contribution >= 0.6 is 11.3 Å². The van der Waals surface area contributed by atoms with Gasteiger partial charge in [0.05, 0.1) is 11.6 Å². The van der Waals surface area contributed by atoms with Crippen molar-refractivity contribution in [2.75, 3.05) is 19.6 Å². The number of amides is 2. The number of thiazole rings is 1. The molecule has 0 saturated carbocycles. The minimum atomic E-state index is -3.13. The zero-order chi connectivity index (χ0) is 28.2. The highest BCUT2D eigenvalue weighted by Gasteiger charge is 2.30. The Hall–Kier alpha value is -3.53. The highest BCUT2D eigenvalue weighted by atomic mass is 32.1. The SMILES string of the molecule is C/C=C/C(F)(F)CNC(=O)c1csc(C2CCN(C(=O)c3ccccc3-c3ccc(C(C)(F)F)cc3)CC2)n1. The molecular formula is C29H29F4N3O2S. The molecule has 3 aromatic rings. The van der Waals surface area contributed by atoms with Gasteiger partial charge in [0, 0.05) is 42.4 Å². The molecule has 2 heterocycles. The van der Waals surface area contributed by atoms with Crippen molar-refractivity contribution in [1.82, 2.24) is 15.2 Å². The summed E-state index contributed by atoms with van der Waals surface area (Å²) in [4.78, 5) is 31.9. The van der Waals surface area contributed by atoms with E-state index in [1.54, 1.807) is 46.7 Å². The van der Waals surface area contributed by atoms with Crippen LogP contribution in [0.1, 0.15) is 64.0 Å². The third-order valence-corrected chi connectivity index (χ3v) is 7.65. The lowest BCUT2D eigenvalue weighted by Crippen LogP contribution is -2.38. The number of allylic oxidation sites excluding steroid dienone is 1. The third kappa shape index (κ3) is 6.92. The van der Waals surface area contributed by atoms with Crippen LogP contribution in [0.3, 0.4) is 0 Å². The summed E-state index contributed by atoms with van der Waals surface area (Å²) in [5, 5.41) is 4.52. The summed E-state index contributed by atoms with van der Waals surface area (Å²) in [6, 6.07) is 13.1. The lowest BCUT2D eigenvalue weighted by atomic mass is 9.94. The molecule has 0 atom stereocenters. The zero-order valence-electron chi connectivity index (χ0n) is 21.6. The molecule has 1 aliphatic heterocycles. The molecule has 1 aliphatic rings. The number of carbonyl (C=O) groups is 2. The molecule has 39 heavy (non-hydrogen) atoms. The predicted molar refractivity (Wildman–Crippen MR) is 144 cm³/mol. The second-order valence-corrected chi connectivity index (χ2v) is 10.5. The van der Waals surface area contributed by atoms with Crippen molar-refractivity contribution >= 4 is 23.2 Å². The molecule has 1 fully saturated rings. The first-order valence-electron chi connectivity index (χ1n) is 12.6. The van der Waals surface area contributed by atoms with Crippen molar-refractivity contribution in [2.24, 2.45) is 0 Å². The summed E-state index contributed by atoms with van der Waals surface area (Å²) in [5.41, 5.74) is 1.86. The monoisotopic (exact) mass is 559 g/mol. The molecule has 10 heteroatoms. The summed E-state index contributed by atoms with van der Waals surface area (Å²) in [5.74, 6) is -6.82. The second-order valence-electron chi connectivity index (χ2n) is 9.59. The molecule has 5 nitrogen and oxygen atoms in total. The highest BCUT2D eigenvalue weighted by Crippen LogP contribution is 2.33. The quantitative estimate of drug-likeness (QED) is 0.242. The molecule has 2 aromatic carbocycles. The van der Waals surface area contributed by atoms with Gasteiger partial charge < -0.3 is 10.2 Å². The molecule has 0 aliphatic carbocycles. The van der Waals surface area contributed by atoms with Gasteiger partial charge in [0.1, 0.15) is 5.69 Å². The molecule has 1 aromatic heterocycles. The van der Waals surface area contributed by atoms with E-state index in [2.05, 4.69) is 10.3 Å². The van der Waals surface area contributed by atoms with Gasteiger partial charge in [-0.2, -0.15) is 0 Å². The van der Waals surface area contributed by atoms with E-state index in [1.165, 1.54) is 36.5 Å². The van der Waals surface area contributed by atoms with Crippen molar-refractivity contribution < 1.29 is 27.2 Å². The summed E-state index contributed by atoms with van der Waals surface area (Å²) < 4.78 is 54.5. The molecule has 0 spiro atoms. The van der Waals surface area contributed by atoms with Crippen molar-refractivity contribution in [2.45, 2.75) is 44.5 Å². The van der Waals surface area contributed by atoms with E-state index in [0.717, 1.165) is 18.0 Å². The number of benzene rings is 2. The van der Waals surface area contributed by atoms with Crippen LogP contribution in [0.15, 0.2) is 66.1 Å².